The molecule has 1 atom stereocenters. The third kappa shape index (κ3) is 4.26. The van der Waals surface area contributed by atoms with Gasteiger partial charge in [0, 0.05) is 43.4 Å². The molecule has 0 aromatic carbocycles. The summed E-state index contributed by atoms with van der Waals surface area (Å²) in [6, 6.07) is 3.90. The van der Waals surface area contributed by atoms with E-state index in [9.17, 15) is 10.1 Å². The van der Waals surface area contributed by atoms with Crippen molar-refractivity contribution in [1.29, 1.82) is 5.26 Å². The summed E-state index contributed by atoms with van der Waals surface area (Å²) < 4.78 is 0. The van der Waals surface area contributed by atoms with Crippen molar-refractivity contribution in [3.63, 3.8) is 0 Å². The van der Waals surface area contributed by atoms with Gasteiger partial charge in [0.15, 0.2) is 0 Å². The highest BCUT2D eigenvalue weighted by molar-refractivity contribution is 7.16. The van der Waals surface area contributed by atoms with E-state index in [1.54, 1.807) is 23.7 Å². The number of nitriles is 1. The van der Waals surface area contributed by atoms with Crippen LogP contribution in [0, 0.1) is 11.3 Å². The Morgan fingerprint density at radius 2 is 1.90 bits per heavy atom. The molecule has 0 spiro atoms. The van der Waals surface area contributed by atoms with E-state index in [1.807, 2.05) is 13.0 Å². The number of nitrogens with one attached hydrogen (secondary N) is 1. The molecule has 0 unspecified atom stereocenters. The highest BCUT2D eigenvalue weighted by atomic mass is 32.1. The SMILES string of the molecule is C[C@@H](C(=O)Nc1sc2c(c1C#N)CCCCC2)N1CCN(c2ncccn2)CC1. The first-order valence-electron chi connectivity index (χ1n) is 10.3. The van der Waals surface area contributed by atoms with Crippen molar-refractivity contribution in [2.75, 3.05) is 36.4 Å². The Morgan fingerprint density at radius 3 is 2.62 bits per heavy atom. The first-order chi connectivity index (χ1) is 14.2. The van der Waals surface area contributed by atoms with Crippen LogP contribution in [0.4, 0.5) is 10.9 Å². The second kappa shape index (κ2) is 8.89. The van der Waals surface area contributed by atoms with Crippen molar-refractivity contribution < 1.29 is 4.79 Å². The predicted octanol–water partition coefficient (Wildman–Crippen LogP) is 2.83. The number of piperazine rings is 1. The van der Waals surface area contributed by atoms with Crippen LogP contribution in [0.25, 0.3) is 0 Å². The average Bonchev–Trinajstić information content (AvgIpc) is 2.92. The maximum absolute atomic E-state index is 12.9. The van der Waals surface area contributed by atoms with Crippen LogP contribution >= 0.6 is 11.3 Å². The fourth-order valence-electron chi connectivity index (χ4n) is 4.09. The molecule has 1 N–H and O–H groups in total. The van der Waals surface area contributed by atoms with Crippen LogP contribution in [0.1, 0.15) is 42.2 Å². The molecule has 0 bridgehead atoms. The molecule has 2 aromatic rings. The van der Waals surface area contributed by atoms with Gasteiger partial charge in [-0.15, -0.1) is 11.3 Å². The minimum atomic E-state index is -0.248. The molecule has 1 saturated heterocycles. The van der Waals surface area contributed by atoms with Crippen molar-refractivity contribution in [3.8, 4) is 6.07 Å². The molecule has 8 heteroatoms. The van der Waals surface area contributed by atoms with Gasteiger partial charge in [0.2, 0.25) is 11.9 Å². The summed E-state index contributed by atoms with van der Waals surface area (Å²) in [6.07, 6.45) is 8.97. The van der Waals surface area contributed by atoms with Crippen molar-refractivity contribution in [3.05, 3.63) is 34.5 Å². The molecule has 152 valence electrons. The van der Waals surface area contributed by atoms with Crippen molar-refractivity contribution in [1.82, 2.24) is 14.9 Å². The lowest BCUT2D eigenvalue weighted by molar-refractivity contribution is -0.120. The number of anilines is 2. The first-order valence-corrected chi connectivity index (χ1v) is 11.1. The van der Waals surface area contributed by atoms with Crippen molar-refractivity contribution in [2.24, 2.45) is 0 Å². The molecule has 4 rings (SSSR count). The van der Waals surface area contributed by atoms with Crippen molar-refractivity contribution in [2.45, 2.75) is 45.1 Å². The smallest absolute Gasteiger partial charge is 0.242 e. The van der Waals surface area contributed by atoms with Gasteiger partial charge in [0.05, 0.1) is 11.6 Å². The normalized spacial score (nSPS) is 18.4. The fraction of sp³-hybridized carbons (Fsp3) is 0.524. The summed E-state index contributed by atoms with van der Waals surface area (Å²) in [6.45, 7) is 5.07. The summed E-state index contributed by atoms with van der Waals surface area (Å²) in [4.78, 5) is 27.1. The van der Waals surface area contributed by atoms with Crippen LogP contribution < -0.4 is 10.2 Å². The van der Waals surface area contributed by atoms with E-state index in [2.05, 4.69) is 31.2 Å². The zero-order valence-electron chi connectivity index (χ0n) is 16.7. The van der Waals surface area contributed by atoms with Gasteiger partial charge in [0.1, 0.15) is 11.1 Å². The van der Waals surface area contributed by atoms with Crippen LogP contribution in [0.15, 0.2) is 18.5 Å². The van der Waals surface area contributed by atoms with Crippen LogP contribution in [0.5, 0.6) is 0 Å². The summed E-state index contributed by atoms with van der Waals surface area (Å²) >= 11 is 1.59. The Kier molecular flexibility index (Phi) is 6.07. The first kappa shape index (κ1) is 19.8. The van der Waals surface area contributed by atoms with E-state index in [4.69, 9.17) is 0 Å². The van der Waals surface area contributed by atoms with E-state index in [1.165, 1.54) is 11.3 Å². The third-order valence-electron chi connectivity index (χ3n) is 5.85. The minimum absolute atomic E-state index is 0.0395. The van der Waals surface area contributed by atoms with Crippen LogP contribution in [-0.2, 0) is 17.6 Å². The summed E-state index contributed by atoms with van der Waals surface area (Å²) in [5.74, 6) is 0.699. The van der Waals surface area contributed by atoms with Gasteiger partial charge in [-0.2, -0.15) is 5.26 Å². The molecule has 29 heavy (non-hydrogen) atoms. The average molecular weight is 411 g/mol. The number of aryl methyl sites for hydroxylation is 1. The maximum atomic E-state index is 12.9. The lowest BCUT2D eigenvalue weighted by atomic mass is 10.1. The predicted molar refractivity (Wildman–Crippen MR) is 114 cm³/mol. The number of aromatic nitrogens is 2. The topological polar surface area (TPSA) is 85.2 Å². The molecule has 1 aliphatic heterocycles. The van der Waals surface area contributed by atoms with E-state index in [0.29, 0.717) is 5.56 Å². The molecular weight excluding hydrogens is 384 g/mol. The minimum Gasteiger partial charge on any atom is -0.338 e. The number of amides is 1. The van der Waals surface area contributed by atoms with Gasteiger partial charge < -0.3 is 10.2 Å². The molecule has 2 aromatic heterocycles. The molecule has 2 aliphatic rings. The highest BCUT2D eigenvalue weighted by Gasteiger charge is 2.28. The zero-order valence-corrected chi connectivity index (χ0v) is 17.5. The number of nitrogens with zero attached hydrogens (tertiary/aromatic N) is 5. The van der Waals surface area contributed by atoms with Gasteiger partial charge in [-0.25, -0.2) is 9.97 Å². The lowest BCUT2D eigenvalue weighted by Crippen LogP contribution is -2.53. The number of carbonyl (C=O) groups excluding carboxylic acids is 1. The number of carbonyl (C=O) groups is 1. The van der Waals surface area contributed by atoms with E-state index < -0.39 is 0 Å². The number of hydrogen-bond donors (Lipinski definition) is 1. The molecule has 0 saturated carbocycles. The van der Waals surface area contributed by atoms with Crippen LogP contribution in [0.3, 0.4) is 0 Å². The molecule has 0 radical (unpaired) electrons. The molecular formula is C21H26N6OS. The Bertz CT molecular complexity index is 898. The highest BCUT2D eigenvalue weighted by Crippen LogP contribution is 2.37. The monoisotopic (exact) mass is 410 g/mol. The molecule has 7 nitrogen and oxygen atoms in total. The summed E-state index contributed by atoms with van der Waals surface area (Å²) in [7, 11) is 0. The summed E-state index contributed by atoms with van der Waals surface area (Å²) in [5.41, 5.74) is 1.84. The van der Waals surface area contributed by atoms with Gasteiger partial charge in [-0.05, 0) is 44.2 Å². The van der Waals surface area contributed by atoms with Gasteiger partial charge in [-0.3, -0.25) is 9.69 Å². The Morgan fingerprint density at radius 1 is 1.17 bits per heavy atom. The number of fused-ring (bicyclic) bond motifs is 1. The molecule has 1 aliphatic carbocycles. The van der Waals surface area contributed by atoms with Gasteiger partial charge >= 0.3 is 0 Å². The van der Waals surface area contributed by atoms with Gasteiger partial charge in [-0.1, -0.05) is 6.42 Å². The molecule has 1 amide bonds. The van der Waals surface area contributed by atoms with Crippen LogP contribution in [0.2, 0.25) is 0 Å². The largest absolute Gasteiger partial charge is 0.338 e. The number of hydrogen-bond acceptors (Lipinski definition) is 7. The van der Waals surface area contributed by atoms with Crippen LogP contribution in [-0.4, -0.2) is 53.0 Å². The van der Waals surface area contributed by atoms with Gasteiger partial charge in [0.25, 0.3) is 0 Å². The Labute approximate surface area is 175 Å². The molecule has 1 fully saturated rings. The van der Waals surface area contributed by atoms with E-state index in [-0.39, 0.29) is 11.9 Å². The Balaban J connectivity index is 1.39. The molecule has 3 heterocycles. The second-order valence-electron chi connectivity index (χ2n) is 7.62. The lowest BCUT2D eigenvalue weighted by Gasteiger charge is -2.37. The summed E-state index contributed by atoms with van der Waals surface area (Å²) in [5, 5.41) is 13.5. The quantitative estimate of drug-likeness (QED) is 0.780. The van der Waals surface area contributed by atoms with E-state index in [0.717, 1.165) is 68.4 Å². The zero-order chi connectivity index (χ0) is 20.2. The number of rotatable bonds is 4. The second-order valence-corrected chi connectivity index (χ2v) is 8.72. The maximum Gasteiger partial charge on any atom is 0.242 e. The Hall–Kier alpha value is -2.50. The van der Waals surface area contributed by atoms with Crippen molar-refractivity contribution >= 4 is 28.2 Å². The third-order valence-corrected chi connectivity index (χ3v) is 7.05. The standard InChI is InChI=1S/C21H26N6OS/c1-15(26-10-12-27(13-11-26)21-23-8-5-9-24-21)19(28)25-20-17(14-22)16-6-3-2-4-7-18(16)29-20/h5,8-9,15H,2-4,6-7,10-13H2,1H3,(H,25,28)/t15-/m0/s1. The fourth-order valence-corrected chi connectivity index (χ4v) is 5.34. The van der Waals surface area contributed by atoms with E-state index >= 15 is 0 Å². The number of thiophene rings is 1.